The Morgan fingerprint density at radius 1 is 0.931 bits per heavy atom. The Balaban J connectivity index is 1.55. The Morgan fingerprint density at radius 2 is 1.66 bits per heavy atom. The van der Waals surface area contributed by atoms with Gasteiger partial charge in [0.05, 0.1) is 11.7 Å². The molecule has 3 heteroatoms. The Hall–Kier alpha value is -0.410. The molecular weight excluding hydrogens is 360 g/mol. The van der Waals surface area contributed by atoms with Gasteiger partial charge in [-0.3, -0.25) is 4.79 Å². The molecule has 0 spiro atoms. The van der Waals surface area contributed by atoms with Crippen molar-refractivity contribution < 1.29 is 15.0 Å². The summed E-state index contributed by atoms with van der Waals surface area (Å²) in [5.74, 6) is 3.08. The van der Waals surface area contributed by atoms with E-state index in [1.807, 2.05) is 6.92 Å². The van der Waals surface area contributed by atoms with Gasteiger partial charge in [-0.15, -0.1) is 0 Å². The molecule has 0 aromatic heterocycles. The van der Waals surface area contributed by atoms with Crippen molar-refractivity contribution in [3.05, 3.63) is 0 Å². The van der Waals surface area contributed by atoms with Crippen molar-refractivity contribution in [1.29, 1.82) is 0 Å². The Morgan fingerprint density at radius 3 is 2.38 bits per heavy atom. The number of carbonyl (C=O) groups excluding carboxylic acids is 1. The van der Waals surface area contributed by atoms with E-state index in [2.05, 4.69) is 20.8 Å². The first-order valence-electron chi connectivity index (χ1n) is 12.5. The van der Waals surface area contributed by atoms with E-state index in [1.165, 1.54) is 25.7 Å². The van der Waals surface area contributed by atoms with Crippen LogP contribution in [0.2, 0.25) is 0 Å². The molecule has 0 radical (unpaired) electrons. The van der Waals surface area contributed by atoms with Gasteiger partial charge in [0.2, 0.25) is 0 Å². The summed E-state index contributed by atoms with van der Waals surface area (Å²) in [7, 11) is 0. The van der Waals surface area contributed by atoms with E-state index in [9.17, 15) is 15.0 Å². The summed E-state index contributed by atoms with van der Waals surface area (Å²) in [5, 5.41) is 22.2. The molecule has 5 aliphatic rings. The highest BCUT2D eigenvalue weighted by atomic mass is 16.3. The Labute approximate surface area is 177 Å². The predicted octanol–water partition coefficient (Wildman–Crippen LogP) is 5.13. The fraction of sp³-hybridized carbons (Fsp3) is 0.962. The highest BCUT2D eigenvalue weighted by Crippen LogP contribution is 2.75. The quantitative estimate of drug-likeness (QED) is 0.639. The molecule has 164 valence electrons. The van der Waals surface area contributed by atoms with E-state index in [-0.39, 0.29) is 28.3 Å². The normalized spacial score (nSPS) is 59.2. The molecule has 5 fully saturated rings. The molecular formula is C26H42O3. The van der Waals surface area contributed by atoms with Gasteiger partial charge in [-0.1, -0.05) is 33.6 Å². The monoisotopic (exact) mass is 402 g/mol. The molecule has 0 aromatic rings. The van der Waals surface area contributed by atoms with Crippen LogP contribution in [0.4, 0.5) is 0 Å². The number of carbonyl (C=O) groups is 1. The van der Waals surface area contributed by atoms with E-state index < -0.39 is 5.60 Å². The molecule has 0 aliphatic heterocycles. The van der Waals surface area contributed by atoms with Crippen molar-refractivity contribution in [1.82, 2.24) is 0 Å². The largest absolute Gasteiger partial charge is 0.393 e. The number of ketones is 1. The molecule has 2 N–H and O–H groups in total. The fourth-order valence-corrected chi connectivity index (χ4v) is 10.5. The zero-order valence-electron chi connectivity index (χ0n) is 19.0. The van der Waals surface area contributed by atoms with Crippen LogP contribution in [0.5, 0.6) is 0 Å². The number of rotatable bonds is 1. The average molecular weight is 403 g/mol. The maximum atomic E-state index is 13.2. The van der Waals surface area contributed by atoms with Gasteiger partial charge in [0.1, 0.15) is 5.78 Å². The summed E-state index contributed by atoms with van der Waals surface area (Å²) in [6.45, 7) is 8.96. The Kier molecular flexibility index (Phi) is 4.46. The first-order chi connectivity index (χ1) is 13.6. The highest BCUT2D eigenvalue weighted by Gasteiger charge is 2.71. The molecule has 0 aromatic carbocycles. The first-order valence-corrected chi connectivity index (χ1v) is 12.5. The third kappa shape index (κ3) is 2.30. The maximum Gasteiger partial charge on any atom is 0.136 e. The summed E-state index contributed by atoms with van der Waals surface area (Å²) >= 11 is 0. The van der Waals surface area contributed by atoms with Crippen LogP contribution in [-0.4, -0.2) is 27.7 Å². The molecule has 10 atom stereocenters. The minimum absolute atomic E-state index is 0.0818. The SMILES string of the molecule is CC(=O)[C@]12CCCC[C@@H]1C[C@@H]1[C@H]3C[C@H](C)[C@@]4(O)C[C@@H](O)CC[C@]4(C)[C@@H]3CC[C@]12C. The van der Waals surface area contributed by atoms with Gasteiger partial charge >= 0.3 is 0 Å². The fourth-order valence-electron chi connectivity index (χ4n) is 10.5. The number of Topliss-reactive ketones (excluding diaryl/α,β-unsaturated/α-hetero) is 1. The molecule has 0 unspecified atom stereocenters. The van der Waals surface area contributed by atoms with Crippen LogP contribution in [0.25, 0.3) is 0 Å². The topological polar surface area (TPSA) is 57.5 Å². The molecule has 0 heterocycles. The lowest BCUT2D eigenvalue weighted by Gasteiger charge is -2.66. The van der Waals surface area contributed by atoms with Crippen molar-refractivity contribution in [2.45, 2.75) is 110 Å². The van der Waals surface area contributed by atoms with Gasteiger partial charge in [-0.2, -0.15) is 0 Å². The molecule has 5 aliphatic carbocycles. The second kappa shape index (κ2) is 6.31. The average Bonchev–Trinajstić information content (AvgIpc) is 2.95. The smallest absolute Gasteiger partial charge is 0.136 e. The number of hydrogen-bond acceptors (Lipinski definition) is 3. The van der Waals surface area contributed by atoms with Crippen LogP contribution < -0.4 is 0 Å². The number of aliphatic hydroxyl groups excluding tert-OH is 1. The van der Waals surface area contributed by atoms with Gasteiger partial charge in [0.25, 0.3) is 0 Å². The summed E-state index contributed by atoms with van der Waals surface area (Å²) < 4.78 is 0. The lowest BCUT2D eigenvalue weighted by molar-refractivity contribution is -0.246. The molecule has 29 heavy (non-hydrogen) atoms. The minimum Gasteiger partial charge on any atom is -0.393 e. The van der Waals surface area contributed by atoms with Gasteiger partial charge in [-0.05, 0) is 98.7 Å². The number of aliphatic hydroxyl groups is 2. The summed E-state index contributed by atoms with van der Waals surface area (Å²) in [6, 6.07) is 0. The first kappa shape index (κ1) is 20.5. The van der Waals surface area contributed by atoms with Gasteiger partial charge in [0, 0.05) is 11.8 Å². The third-order valence-electron chi connectivity index (χ3n) is 11.9. The second-order valence-electron chi connectivity index (χ2n) is 12.4. The van der Waals surface area contributed by atoms with Gasteiger partial charge < -0.3 is 10.2 Å². The molecule has 0 bridgehead atoms. The number of fused-ring (bicyclic) bond motifs is 7. The predicted molar refractivity (Wildman–Crippen MR) is 114 cm³/mol. The zero-order valence-corrected chi connectivity index (χ0v) is 19.0. The van der Waals surface area contributed by atoms with E-state index >= 15 is 0 Å². The van der Waals surface area contributed by atoms with Crippen LogP contribution in [0.15, 0.2) is 0 Å². The highest BCUT2D eigenvalue weighted by molar-refractivity contribution is 5.84. The van der Waals surface area contributed by atoms with Crippen LogP contribution in [0.3, 0.4) is 0 Å². The van der Waals surface area contributed by atoms with E-state index in [1.54, 1.807) is 0 Å². The van der Waals surface area contributed by atoms with E-state index in [0.29, 0.717) is 35.9 Å². The van der Waals surface area contributed by atoms with E-state index in [0.717, 1.165) is 38.5 Å². The molecule has 0 amide bonds. The summed E-state index contributed by atoms with van der Waals surface area (Å²) in [5.41, 5.74) is -0.761. The third-order valence-corrected chi connectivity index (χ3v) is 11.9. The van der Waals surface area contributed by atoms with Crippen LogP contribution in [0.1, 0.15) is 98.3 Å². The van der Waals surface area contributed by atoms with E-state index in [4.69, 9.17) is 0 Å². The second-order valence-corrected chi connectivity index (χ2v) is 12.4. The van der Waals surface area contributed by atoms with Crippen LogP contribution in [-0.2, 0) is 4.79 Å². The number of hydrogen-bond donors (Lipinski definition) is 2. The zero-order chi connectivity index (χ0) is 20.8. The van der Waals surface area contributed by atoms with Crippen molar-refractivity contribution in [3.63, 3.8) is 0 Å². The summed E-state index contributed by atoms with van der Waals surface area (Å²) in [6.07, 6.45) is 11.5. The van der Waals surface area contributed by atoms with Gasteiger partial charge in [-0.25, -0.2) is 0 Å². The van der Waals surface area contributed by atoms with Crippen molar-refractivity contribution in [2.24, 2.45) is 45.8 Å². The molecule has 3 nitrogen and oxygen atoms in total. The summed E-state index contributed by atoms with van der Waals surface area (Å²) in [4.78, 5) is 13.2. The molecule has 0 saturated heterocycles. The van der Waals surface area contributed by atoms with Crippen molar-refractivity contribution >= 4 is 5.78 Å². The maximum absolute atomic E-state index is 13.2. The van der Waals surface area contributed by atoms with Crippen LogP contribution >= 0.6 is 0 Å². The lowest BCUT2D eigenvalue weighted by atomic mass is 9.40. The van der Waals surface area contributed by atoms with Crippen molar-refractivity contribution in [3.8, 4) is 0 Å². The Bertz CT molecular complexity index is 704. The minimum atomic E-state index is -0.733. The lowest BCUT2D eigenvalue weighted by Crippen LogP contribution is -2.66. The van der Waals surface area contributed by atoms with Crippen LogP contribution in [0, 0.1) is 45.8 Å². The van der Waals surface area contributed by atoms with Crippen molar-refractivity contribution in [2.75, 3.05) is 0 Å². The molecule has 5 saturated carbocycles. The standard InChI is InChI=1S/C26H42O3/c1-16-13-20-21(24(4)11-8-19(28)15-26(16,24)29)9-12-23(3)22(20)14-18-7-5-6-10-25(18,23)17(2)27/h16,18-22,28-29H,5-15H2,1-4H3/t16-,18+,19-,20-,21+,22+,23+,24+,25+,26-/m0/s1. The molecule has 5 rings (SSSR count). The van der Waals surface area contributed by atoms with Gasteiger partial charge in [0.15, 0.2) is 0 Å².